The molecule has 0 saturated heterocycles. The lowest BCUT2D eigenvalue weighted by atomic mass is 9.96. The smallest absolute Gasteiger partial charge is 0.238 e. The summed E-state index contributed by atoms with van der Waals surface area (Å²) in [7, 11) is 0. The summed E-state index contributed by atoms with van der Waals surface area (Å²) in [6.07, 6.45) is 1.62. The molecular formula is C7H6N6O2S. The number of tetrazole rings is 1. The van der Waals surface area contributed by atoms with Crippen molar-refractivity contribution in [2.75, 3.05) is 0 Å². The van der Waals surface area contributed by atoms with Gasteiger partial charge in [-0.25, -0.2) is 9.67 Å². The average molecular weight is 238 g/mol. The Morgan fingerprint density at radius 1 is 1.62 bits per heavy atom. The molecule has 82 valence electrons. The SMILES string of the molecule is CC(=O)C(C=O)(c1ncsn1)n1cnnn1. The maximum absolute atomic E-state index is 11.7. The molecule has 0 saturated carbocycles. The molecule has 0 radical (unpaired) electrons. The number of carbonyl (C=O) groups is 2. The zero-order valence-corrected chi connectivity index (χ0v) is 8.96. The maximum Gasteiger partial charge on any atom is 0.238 e. The number of rotatable bonds is 4. The molecule has 9 heteroatoms. The predicted molar refractivity (Wildman–Crippen MR) is 51.5 cm³/mol. The van der Waals surface area contributed by atoms with Gasteiger partial charge in [0.25, 0.3) is 0 Å². The van der Waals surface area contributed by atoms with E-state index in [0.717, 1.165) is 16.2 Å². The summed E-state index contributed by atoms with van der Waals surface area (Å²) in [5.74, 6) is -0.375. The number of nitrogens with zero attached hydrogens (tertiary/aromatic N) is 6. The van der Waals surface area contributed by atoms with E-state index in [9.17, 15) is 9.59 Å². The van der Waals surface area contributed by atoms with E-state index in [-0.39, 0.29) is 5.82 Å². The summed E-state index contributed by atoms with van der Waals surface area (Å²) in [4.78, 5) is 26.8. The van der Waals surface area contributed by atoms with Gasteiger partial charge in [0.2, 0.25) is 5.54 Å². The van der Waals surface area contributed by atoms with Gasteiger partial charge in [0, 0.05) is 0 Å². The molecule has 2 aromatic rings. The second kappa shape index (κ2) is 3.85. The predicted octanol–water partition coefficient (Wildman–Crippen LogP) is -0.944. The molecule has 0 bridgehead atoms. The molecule has 0 aliphatic carbocycles. The van der Waals surface area contributed by atoms with Gasteiger partial charge < -0.3 is 0 Å². The largest absolute Gasteiger partial charge is 0.300 e. The quantitative estimate of drug-likeness (QED) is 0.500. The topological polar surface area (TPSA) is 104 Å². The number of Topliss-reactive ketones (excluding diaryl/α,β-unsaturated/α-hetero) is 1. The standard InChI is InChI=1S/C7H6N6O2S/c1-5(15)7(2-14,6-8-4-16-10-6)13-3-9-11-12-13/h2-4H,1H3. The van der Waals surface area contributed by atoms with Crippen LogP contribution in [0.3, 0.4) is 0 Å². The number of carbonyl (C=O) groups excluding carboxylic acids is 2. The van der Waals surface area contributed by atoms with Crippen molar-refractivity contribution in [2.45, 2.75) is 12.5 Å². The number of hydrogen-bond acceptors (Lipinski definition) is 8. The van der Waals surface area contributed by atoms with E-state index >= 15 is 0 Å². The molecule has 2 aromatic heterocycles. The van der Waals surface area contributed by atoms with E-state index < -0.39 is 11.3 Å². The van der Waals surface area contributed by atoms with Gasteiger partial charge in [-0.3, -0.25) is 9.59 Å². The third-order valence-electron chi connectivity index (χ3n) is 2.12. The van der Waals surface area contributed by atoms with E-state index in [1.54, 1.807) is 0 Å². The first kappa shape index (κ1) is 10.5. The first-order chi connectivity index (χ1) is 7.71. The summed E-state index contributed by atoms with van der Waals surface area (Å²) < 4.78 is 4.94. The molecule has 0 aliphatic heterocycles. The molecule has 0 amide bonds. The number of aldehydes is 1. The fourth-order valence-electron chi connectivity index (χ4n) is 1.27. The lowest BCUT2D eigenvalue weighted by molar-refractivity contribution is -0.130. The fraction of sp³-hybridized carbons (Fsp3) is 0.286. The van der Waals surface area contributed by atoms with Crippen molar-refractivity contribution in [3.05, 3.63) is 17.7 Å². The molecule has 1 atom stereocenters. The molecular weight excluding hydrogens is 232 g/mol. The lowest BCUT2D eigenvalue weighted by Crippen LogP contribution is -2.45. The van der Waals surface area contributed by atoms with Gasteiger partial charge in [-0.1, -0.05) is 0 Å². The fourth-order valence-corrected chi connectivity index (χ4v) is 1.75. The minimum Gasteiger partial charge on any atom is -0.300 e. The van der Waals surface area contributed by atoms with Gasteiger partial charge in [0.15, 0.2) is 17.9 Å². The van der Waals surface area contributed by atoms with Crippen molar-refractivity contribution in [1.29, 1.82) is 0 Å². The molecule has 2 rings (SSSR count). The Hall–Kier alpha value is -2.03. The van der Waals surface area contributed by atoms with Crippen molar-refractivity contribution >= 4 is 23.6 Å². The maximum atomic E-state index is 11.7. The van der Waals surface area contributed by atoms with Crippen molar-refractivity contribution in [3.63, 3.8) is 0 Å². The second-order valence-corrected chi connectivity index (χ2v) is 3.55. The Balaban J connectivity index is 2.66. The Kier molecular flexibility index (Phi) is 2.52. The zero-order valence-electron chi connectivity index (χ0n) is 8.14. The summed E-state index contributed by atoms with van der Waals surface area (Å²) >= 11 is 1.04. The molecule has 0 spiro atoms. The minimum absolute atomic E-state index is 0.0762. The third-order valence-corrected chi connectivity index (χ3v) is 2.60. The van der Waals surface area contributed by atoms with E-state index in [0.29, 0.717) is 6.29 Å². The summed E-state index contributed by atoms with van der Waals surface area (Å²) in [6.45, 7) is 1.26. The molecule has 2 heterocycles. The monoisotopic (exact) mass is 238 g/mol. The Morgan fingerprint density at radius 2 is 2.44 bits per heavy atom. The van der Waals surface area contributed by atoms with Crippen LogP contribution >= 0.6 is 11.5 Å². The minimum atomic E-state index is -1.66. The van der Waals surface area contributed by atoms with Gasteiger partial charge in [0.05, 0.1) is 0 Å². The highest BCUT2D eigenvalue weighted by Gasteiger charge is 2.44. The van der Waals surface area contributed by atoms with Gasteiger partial charge in [0.1, 0.15) is 11.8 Å². The van der Waals surface area contributed by atoms with Crippen molar-refractivity contribution < 1.29 is 9.59 Å². The second-order valence-electron chi connectivity index (χ2n) is 2.95. The number of ketones is 1. The highest BCUT2D eigenvalue weighted by molar-refractivity contribution is 7.03. The van der Waals surface area contributed by atoms with Gasteiger partial charge in [-0.2, -0.15) is 4.37 Å². The van der Waals surface area contributed by atoms with Crippen LogP contribution in [0.1, 0.15) is 12.7 Å². The Bertz CT molecular complexity index is 459. The lowest BCUT2D eigenvalue weighted by Gasteiger charge is -2.20. The van der Waals surface area contributed by atoms with Crippen LogP contribution in [0.25, 0.3) is 0 Å². The molecule has 1 unspecified atom stereocenters. The van der Waals surface area contributed by atoms with Crippen LogP contribution in [0.15, 0.2) is 11.8 Å². The van der Waals surface area contributed by atoms with Crippen molar-refractivity contribution in [1.82, 2.24) is 29.6 Å². The van der Waals surface area contributed by atoms with E-state index in [2.05, 4.69) is 24.9 Å². The van der Waals surface area contributed by atoms with Crippen LogP contribution in [0, 0.1) is 0 Å². The highest BCUT2D eigenvalue weighted by Crippen LogP contribution is 2.21. The van der Waals surface area contributed by atoms with Crippen LogP contribution in [0.2, 0.25) is 0 Å². The van der Waals surface area contributed by atoms with Gasteiger partial charge >= 0.3 is 0 Å². The highest BCUT2D eigenvalue weighted by atomic mass is 32.1. The Labute approximate surface area is 93.5 Å². The van der Waals surface area contributed by atoms with Crippen LogP contribution in [-0.4, -0.2) is 41.6 Å². The molecule has 0 aromatic carbocycles. The molecule has 8 nitrogen and oxygen atoms in total. The van der Waals surface area contributed by atoms with Crippen LogP contribution in [0.5, 0.6) is 0 Å². The van der Waals surface area contributed by atoms with Crippen LogP contribution in [0.4, 0.5) is 0 Å². The van der Waals surface area contributed by atoms with Gasteiger partial charge in [-0.15, -0.1) is 5.10 Å². The normalized spacial score (nSPS) is 14.3. The molecule has 0 N–H and O–H groups in total. The van der Waals surface area contributed by atoms with E-state index in [4.69, 9.17) is 0 Å². The number of hydrogen-bond donors (Lipinski definition) is 0. The molecule has 0 fully saturated rings. The summed E-state index contributed by atoms with van der Waals surface area (Å²) in [5.41, 5.74) is -0.232. The summed E-state index contributed by atoms with van der Waals surface area (Å²) in [6, 6.07) is 0. The molecule has 0 aliphatic rings. The first-order valence-electron chi connectivity index (χ1n) is 4.19. The van der Waals surface area contributed by atoms with Crippen molar-refractivity contribution in [2.24, 2.45) is 0 Å². The Morgan fingerprint density at radius 3 is 2.88 bits per heavy atom. The van der Waals surface area contributed by atoms with Crippen molar-refractivity contribution in [3.8, 4) is 0 Å². The third kappa shape index (κ3) is 1.33. The van der Waals surface area contributed by atoms with E-state index in [1.165, 1.54) is 18.8 Å². The zero-order chi connectivity index (χ0) is 11.6. The van der Waals surface area contributed by atoms with Crippen LogP contribution in [-0.2, 0) is 15.1 Å². The molecule has 16 heavy (non-hydrogen) atoms. The summed E-state index contributed by atoms with van der Waals surface area (Å²) in [5, 5.41) is 10.4. The first-order valence-corrected chi connectivity index (χ1v) is 5.03. The van der Waals surface area contributed by atoms with Crippen LogP contribution < -0.4 is 0 Å². The van der Waals surface area contributed by atoms with E-state index in [1.807, 2.05) is 0 Å². The number of aromatic nitrogens is 6. The van der Waals surface area contributed by atoms with Gasteiger partial charge in [-0.05, 0) is 28.9 Å². The average Bonchev–Trinajstić information content (AvgIpc) is 2.89.